The maximum atomic E-state index is 13.3. The van der Waals surface area contributed by atoms with Crippen molar-refractivity contribution in [3.63, 3.8) is 0 Å². The van der Waals surface area contributed by atoms with Gasteiger partial charge in [-0.3, -0.25) is 9.79 Å². The number of rotatable bonds is 11. The quantitative estimate of drug-likeness (QED) is 0.0838. The van der Waals surface area contributed by atoms with Gasteiger partial charge in [0.1, 0.15) is 5.82 Å². The predicted molar refractivity (Wildman–Crippen MR) is 122 cm³/mol. The molecule has 0 aliphatic rings. The number of ketones is 1. The lowest BCUT2D eigenvalue weighted by molar-refractivity contribution is -0.141. The van der Waals surface area contributed by atoms with E-state index in [1.165, 1.54) is 0 Å². The average Bonchev–Trinajstić information content (AvgIpc) is 3.29. The first-order chi connectivity index (χ1) is 15.3. The van der Waals surface area contributed by atoms with Crippen molar-refractivity contribution in [3.8, 4) is 0 Å². The zero-order valence-electron chi connectivity index (χ0n) is 17.5. The lowest BCUT2D eigenvalue weighted by Crippen LogP contribution is -2.55. The Kier molecular flexibility index (Phi) is 7.18. The summed E-state index contributed by atoms with van der Waals surface area (Å²) in [5.41, 5.74) is 15.9. The minimum absolute atomic E-state index is 0.0985. The van der Waals surface area contributed by atoms with E-state index in [9.17, 15) is 14.7 Å². The van der Waals surface area contributed by atoms with Crippen LogP contribution in [0, 0.1) is 0 Å². The van der Waals surface area contributed by atoms with E-state index in [2.05, 4.69) is 20.3 Å². The Balaban J connectivity index is 1.85. The first kappa shape index (κ1) is 22.9. The smallest absolute Gasteiger partial charge is 0.331 e. The third kappa shape index (κ3) is 5.10. The highest BCUT2D eigenvalue weighted by atomic mass is 16.4. The molecule has 0 aliphatic carbocycles. The Bertz CT molecular complexity index is 1120. The fraction of sp³-hybridized carbons (Fsp3) is 0.273. The van der Waals surface area contributed by atoms with Gasteiger partial charge in [-0.05, 0) is 29.2 Å². The fourth-order valence-corrected chi connectivity index (χ4v) is 3.55. The lowest BCUT2D eigenvalue weighted by atomic mass is 9.83. The molecule has 10 nitrogen and oxygen atoms in total. The van der Waals surface area contributed by atoms with E-state index < -0.39 is 17.3 Å². The number of aliphatic carboxylic acids is 1. The van der Waals surface area contributed by atoms with E-state index >= 15 is 0 Å². The first-order valence-electron chi connectivity index (χ1n) is 10.1. The summed E-state index contributed by atoms with van der Waals surface area (Å²) in [7, 11) is 0. The van der Waals surface area contributed by atoms with Gasteiger partial charge in [0.05, 0.1) is 6.54 Å². The number of carbonyl (C=O) groups excluding carboxylic acids is 1. The molecule has 10 heteroatoms. The van der Waals surface area contributed by atoms with Gasteiger partial charge in [-0.2, -0.15) is 0 Å². The number of guanidine groups is 1. The van der Waals surface area contributed by atoms with E-state index in [4.69, 9.17) is 17.2 Å². The second kappa shape index (κ2) is 10.0. The maximum absolute atomic E-state index is 13.3. The number of imidazole rings is 1. The van der Waals surface area contributed by atoms with Gasteiger partial charge < -0.3 is 32.6 Å². The largest absolute Gasteiger partial charge is 0.480 e. The Morgan fingerprint density at radius 3 is 2.53 bits per heavy atom. The second-order valence-electron chi connectivity index (χ2n) is 7.47. The number of nitrogens with two attached hydrogens (primary N) is 3. The third-order valence-corrected chi connectivity index (χ3v) is 5.23. The van der Waals surface area contributed by atoms with Crippen molar-refractivity contribution < 1.29 is 14.7 Å². The van der Waals surface area contributed by atoms with Gasteiger partial charge in [0.25, 0.3) is 0 Å². The highest BCUT2D eigenvalue weighted by Gasteiger charge is 2.42. The van der Waals surface area contributed by atoms with E-state index in [0.29, 0.717) is 18.5 Å². The lowest BCUT2D eigenvalue weighted by Gasteiger charge is -2.24. The van der Waals surface area contributed by atoms with Crippen LogP contribution in [0.25, 0.3) is 10.8 Å². The zero-order valence-corrected chi connectivity index (χ0v) is 17.5. The van der Waals surface area contributed by atoms with Gasteiger partial charge in [0, 0.05) is 31.0 Å². The molecule has 32 heavy (non-hydrogen) atoms. The molecule has 0 radical (unpaired) electrons. The highest BCUT2D eigenvalue weighted by molar-refractivity contribution is 6.20. The molecule has 3 aromatic rings. The van der Waals surface area contributed by atoms with E-state index in [1.807, 2.05) is 18.2 Å². The SMILES string of the molecule is NC(N)=NCCC[C@](N)(C(=O)O)C(=O)c1ccc(CNCc2ncc[nH]2)c2ccccc12. The third-order valence-electron chi connectivity index (χ3n) is 5.23. The summed E-state index contributed by atoms with van der Waals surface area (Å²) >= 11 is 0. The normalized spacial score (nSPS) is 12.9. The number of nitrogens with zero attached hydrogens (tertiary/aromatic N) is 2. The summed E-state index contributed by atoms with van der Waals surface area (Å²) in [5.74, 6) is -1.32. The van der Waals surface area contributed by atoms with Crippen molar-refractivity contribution in [1.29, 1.82) is 0 Å². The monoisotopic (exact) mass is 437 g/mol. The molecule has 0 saturated heterocycles. The van der Waals surface area contributed by atoms with Gasteiger partial charge in [0.15, 0.2) is 17.3 Å². The molecular weight excluding hydrogens is 410 g/mol. The Hall–Kier alpha value is -3.76. The van der Waals surface area contributed by atoms with Gasteiger partial charge in [-0.1, -0.05) is 36.4 Å². The number of benzene rings is 2. The number of H-pyrrole nitrogens is 1. The molecule has 9 N–H and O–H groups in total. The predicted octanol–water partition coefficient (Wildman–Crippen LogP) is 0.871. The number of carbonyl (C=O) groups is 2. The van der Waals surface area contributed by atoms with Crippen molar-refractivity contribution in [3.05, 3.63) is 65.7 Å². The molecule has 1 heterocycles. The van der Waals surface area contributed by atoms with Gasteiger partial charge in [0.2, 0.25) is 0 Å². The van der Waals surface area contributed by atoms with Crippen molar-refractivity contribution in [2.45, 2.75) is 31.5 Å². The number of aromatic nitrogens is 2. The standard InChI is InChI=1S/C22H27N7O3/c23-21(24)29-9-3-8-22(25,20(31)32)19(30)17-7-6-14(15-4-1-2-5-16(15)17)12-26-13-18-27-10-11-28-18/h1-2,4-7,10-11,26H,3,8-9,12-13,25H2,(H,27,28)(H,31,32)(H4,23,24,29)/t22-/m1/s1. The van der Waals surface area contributed by atoms with Crippen LogP contribution in [-0.2, 0) is 17.9 Å². The van der Waals surface area contributed by atoms with Gasteiger partial charge >= 0.3 is 5.97 Å². The first-order valence-corrected chi connectivity index (χ1v) is 10.1. The zero-order chi connectivity index (χ0) is 23.1. The number of aliphatic imine (C=N–C) groups is 1. The molecular formula is C22H27N7O3. The van der Waals surface area contributed by atoms with Crippen LogP contribution in [0.5, 0.6) is 0 Å². The van der Waals surface area contributed by atoms with Gasteiger partial charge in [-0.15, -0.1) is 0 Å². The molecule has 0 spiro atoms. The number of carboxylic acids is 1. The molecule has 0 unspecified atom stereocenters. The topological polar surface area (TPSA) is 186 Å². The summed E-state index contributed by atoms with van der Waals surface area (Å²) in [5, 5.41) is 14.6. The summed E-state index contributed by atoms with van der Waals surface area (Å²) in [6.07, 6.45) is 3.59. The summed E-state index contributed by atoms with van der Waals surface area (Å²) in [6.45, 7) is 1.28. The maximum Gasteiger partial charge on any atom is 0.331 e. The van der Waals surface area contributed by atoms with Crippen molar-refractivity contribution in [1.82, 2.24) is 15.3 Å². The fourth-order valence-electron chi connectivity index (χ4n) is 3.55. The van der Waals surface area contributed by atoms with Crippen LogP contribution >= 0.6 is 0 Å². The molecule has 2 aromatic carbocycles. The van der Waals surface area contributed by atoms with E-state index in [-0.39, 0.29) is 30.9 Å². The van der Waals surface area contributed by atoms with Crippen LogP contribution in [-0.4, -0.2) is 44.9 Å². The van der Waals surface area contributed by atoms with Crippen LogP contribution in [0.2, 0.25) is 0 Å². The van der Waals surface area contributed by atoms with Crippen LogP contribution < -0.4 is 22.5 Å². The number of Topliss-reactive ketones (excluding diaryl/α,β-unsaturated/α-hetero) is 1. The molecule has 0 amide bonds. The van der Waals surface area contributed by atoms with Crippen LogP contribution in [0.1, 0.15) is 34.6 Å². The van der Waals surface area contributed by atoms with E-state index in [0.717, 1.165) is 16.8 Å². The number of hydrogen-bond donors (Lipinski definition) is 6. The molecule has 0 aliphatic heterocycles. The Morgan fingerprint density at radius 1 is 1.12 bits per heavy atom. The Morgan fingerprint density at radius 2 is 1.88 bits per heavy atom. The number of carboxylic acid groups (broad SMARTS) is 1. The van der Waals surface area contributed by atoms with Crippen LogP contribution in [0.3, 0.4) is 0 Å². The molecule has 0 fully saturated rings. The Labute approximate surface area is 184 Å². The van der Waals surface area contributed by atoms with Crippen LogP contribution in [0.4, 0.5) is 0 Å². The number of hydrogen-bond acceptors (Lipinski definition) is 6. The number of nitrogens with one attached hydrogen (secondary N) is 2. The summed E-state index contributed by atoms with van der Waals surface area (Å²) in [4.78, 5) is 36.3. The van der Waals surface area contributed by atoms with E-state index in [1.54, 1.807) is 30.6 Å². The van der Waals surface area contributed by atoms with Crippen molar-refractivity contribution in [2.75, 3.05) is 6.54 Å². The molecule has 168 valence electrons. The average molecular weight is 438 g/mol. The summed E-state index contributed by atoms with van der Waals surface area (Å²) in [6, 6.07) is 10.8. The van der Waals surface area contributed by atoms with Gasteiger partial charge in [-0.25, -0.2) is 9.78 Å². The molecule has 0 saturated carbocycles. The minimum Gasteiger partial charge on any atom is -0.480 e. The molecule has 3 rings (SSSR count). The molecule has 0 bridgehead atoms. The minimum atomic E-state index is -2.08. The van der Waals surface area contributed by atoms with Crippen molar-refractivity contribution in [2.24, 2.45) is 22.2 Å². The molecule has 1 aromatic heterocycles. The highest BCUT2D eigenvalue weighted by Crippen LogP contribution is 2.27. The number of fused-ring (bicyclic) bond motifs is 1. The number of aromatic amines is 1. The van der Waals surface area contributed by atoms with Crippen molar-refractivity contribution >= 4 is 28.5 Å². The second-order valence-corrected chi connectivity index (χ2v) is 7.47. The summed E-state index contributed by atoms with van der Waals surface area (Å²) < 4.78 is 0. The molecule has 1 atom stereocenters. The van der Waals surface area contributed by atoms with Crippen LogP contribution in [0.15, 0.2) is 53.8 Å².